The number of alkyl halides is 1. The summed E-state index contributed by atoms with van der Waals surface area (Å²) in [6, 6.07) is 0. The third-order valence-corrected chi connectivity index (χ3v) is 3.37. The highest BCUT2D eigenvalue weighted by atomic mass is 79.9. The molecule has 0 atom stereocenters. The van der Waals surface area contributed by atoms with E-state index in [1.807, 2.05) is 0 Å². The zero-order chi connectivity index (χ0) is 13.2. The first-order valence-corrected chi connectivity index (χ1v) is 7.54. The minimum Gasteiger partial charge on any atom is -0.378 e. The molecule has 0 aliphatic carbocycles. The summed E-state index contributed by atoms with van der Waals surface area (Å²) in [5, 5.41) is 3.70. The molecule has 18 heavy (non-hydrogen) atoms. The molecule has 1 rings (SSSR count). The molecule has 1 aliphatic rings. The van der Waals surface area contributed by atoms with Gasteiger partial charge in [0.05, 0.1) is 13.2 Å². The Hall–Kier alpha value is -0.620. The van der Waals surface area contributed by atoms with Gasteiger partial charge in [0, 0.05) is 37.8 Å². The number of rotatable bonds is 7. The molecule has 1 fully saturated rings. The van der Waals surface area contributed by atoms with Crippen molar-refractivity contribution in [2.75, 3.05) is 38.2 Å². The Morgan fingerprint density at radius 1 is 1.17 bits per heavy atom. The maximum Gasteiger partial charge on any atom is 0.224 e. The molecule has 104 valence electrons. The fourth-order valence-electron chi connectivity index (χ4n) is 1.75. The van der Waals surface area contributed by atoms with Crippen LogP contribution in [0.1, 0.15) is 25.7 Å². The molecule has 0 spiro atoms. The molecule has 5 nitrogen and oxygen atoms in total. The van der Waals surface area contributed by atoms with Crippen molar-refractivity contribution >= 4 is 27.7 Å². The van der Waals surface area contributed by atoms with Gasteiger partial charge in [-0.05, 0) is 12.8 Å². The molecule has 0 radical (unpaired) electrons. The number of hydrogen-bond donors (Lipinski definition) is 1. The van der Waals surface area contributed by atoms with Gasteiger partial charge < -0.3 is 15.0 Å². The number of carbonyl (C=O) groups is 2. The van der Waals surface area contributed by atoms with Crippen LogP contribution in [-0.2, 0) is 14.3 Å². The molecule has 6 heteroatoms. The average molecular weight is 321 g/mol. The highest BCUT2D eigenvalue weighted by molar-refractivity contribution is 9.09. The normalized spacial score (nSPS) is 15.5. The summed E-state index contributed by atoms with van der Waals surface area (Å²) in [6.07, 6.45) is 2.80. The number of nitrogens with one attached hydrogen (secondary N) is 1. The Labute approximate surface area is 116 Å². The predicted molar refractivity (Wildman–Crippen MR) is 72.7 cm³/mol. The van der Waals surface area contributed by atoms with Gasteiger partial charge >= 0.3 is 0 Å². The zero-order valence-electron chi connectivity index (χ0n) is 10.6. The lowest BCUT2D eigenvalue weighted by atomic mass is 10.2. The van der Waals surface area contributed by atoms with Crippen molar-refractivity contribution < 1.29 is 14.3 Å². The molecule has 0 aromatic heterocycles. The van der Waals surface area contributed by atoms with Gasteiger partial charge in [0.1, 0.15) is 0 Å². The summed E-state index contributed by atoms with van der Waals surface area (Å²) in [7, 11) is 0. The Kier molecular flexibility index (Phi) is 8.00. The standard InChI is InChI=1S/C12H21BrN2O3/c13-5-2-1-3-11(16)14-6-4-12(17)15-7-9-18-10-8-15/h1-10H2,(H,14,16). The van der Waals surface area contributed by atoms with Crippen molar-refractivity contribution in [3.8, 4) is 0 Å². The summed E-state index contributed by atoms with van der Waals surface area (Å²) < 4.78 is 5.18. The lowest BCUT2D eigenvalue weighted by molar-refractivity contribution is -0.135. The number of ether oxygens (including phenoxy) is 1. The summed E-state index contributed by atoms with van der Waals surface area (Å²) >= 11 is 3.32. The largest absolute Gasteiger partial charge is 0.378 e. The highest BCUT2D eigenvalue weighted by Crippen LogP contribution is 2.00. The molecular weight excluding hydrogens is 300 g/mol. The maximum absolute atomic E-state index is 11.8. The Morgan fingerprint density at radius 2 is 1.89 bits per heavy atom. The van der Waals surface area contributed by atoms with E-state index in [1.165, 1.54) is 0 Å². The highest BCUT2D eigenvalue weighted by Gasteiger charge is 2.16. The van der Waals surface area contributed by atoms with Crippen LogP contribution in [-0.4, -0.2) is 54.9 Å². The van der Waals surface area contributed by atoms with Crippen LogP contribution >= 0.6 is 15.9 Å². The van der Waals surface area contributed by atoms with Crippen molar-refractivity contribution in [3.05, 3.63) is 0 Å². The van der Waals surface area contributed by atoms with Gasteiger partial charge in [-0.3, -0.25) is 9.59 Å². The fourth-order valence-corrected chi connectivity index (χ4v) is 2.14. The van der Waals surface area contributed by atoms with Crippen LogP contribution in [0.4, 0.5) is 0 Å². The average Bonchev–Trinajstić information content (AvgIpc) is 2.40. The van der Waals surface area contributed by atoms with Gasteiger partial charge in [-0.2, -0.15) is 0 Å². The molecule has 0 aromatic rings. The van der Waals surface area contributed by atoms with E-state index in [-0.39, 0.29) is 11.8 Å². The molecule has 0 saturated carbocycles. The quantitative estimate of drug-likeness (QED) is 0.560. The lowest BCUT2D eigenvalue weighted by Gasteiger charge is -2.26. The summed E-state index contributed by atoms with van der Waals surface area (Å²) in [5.41, 5.74) is 0. The molecule has 0 aromatic carbocycles. The number of hydrogen-bond acceptors (Lipinski definition) is 3. The van der Waals surface area contributed by atoms with Crippen LogP contribution in [0.15, 0.2) is 0 Å². The number of unbranched alkanes of at least 4 members (excludes halogenated alkanes) is 1. The number of amides is 2. The van der Waals surface area contributed by atoms with E-state index in [9.17, 15) is 9.59 Å². The van der Waals surface area contributed by atoms with Crippen LogP contribution in [0.3, 0.4) is 0 Å². The molecule has 1 heterocycles. The molecule has 2 amide bonds. The number of halogens is 1. The van der Waals surface area contributed by atoms with Crippen LogP contribution in [0, 0.1) is 0 Å². The Balaban J connectivity index is 2.05. The van der Waals surface area contributed by atoms with Crippen molar-refractivity contribution in [1.29, 1.82) is 0 Å². The lowest BCUT2D eigenvalue weighted by Crippen LogP contribution is -2.42. The molecule has 1 saturated heterocycles. The minimum atomic E-state index is 0.0331. The van der Waals surface area contributed by atoms with Crippen molar-refractivity contribution in [3.63, 3.8) is 0 Å². The van der Waals surface area contributed by atoms with Crippen molar-refractivity contribution in [1.82, 2.24) is 10.2 Å². The van der Waals surface area contributed by atoms with E-state index >= 15 is 0 Å². The minimum absolute atomic E-state index is 0.0331. The second-order valence-corrected chi connectivity index (χ2v) is 5.03. The van der Waals surface area contributed by atoms with Gasteiger partial charge in [-0.25, -0.2) is 0 Å². The molecule has 1 N–H and O–H groups in total. The van der Waals surface area contributed by atoms with Crippen LogP contribution in [0.25, 0.3) is 0 Å². The summed E-state index contributed by atoms with van der Waals surface area (Å²) in [5.74, 6) is 0.129. The van der Waals surface area contributed by atoms with Crippen LogP contribution in [0.5, 0.6) is 0 Å². The first-order valence-electron chi connectivity index (χ1n) is 6.42. The Bertz CT molecular complexity index is 268. The smallest absolute Gasteiger partial charge is 0.224 e. The fraction of sp³-hybridized carbons (Fsp3) is 0.833. The van der Waals surface area contributed by atoms with Gasteiger partial charge in [-0.1, -0.05) is 15.9 Å². The third kappa shape index (κ3) is 6.35. The van der Waals surface area contributed by atoms with E-state index < -0.39 is 0 Å². The number of carbonyl (C=O) groups excluding carboxylic acids is 2. The molecule has 0 bridgehead atoms. The SMILES string of the molecule is O=C(CCCCBr)NCCC(=O)N1CCOCC1. The van der Waals surface area contributed by atoms with E-state index in [0.29, 0.717) is 45.7 Å². The van der Waals surface area contributed by atoms with E-state index in [0.717, 1.165) is 18.2 Å². The first kappa shape index (κ1) is 15.4. The predicted octanol–water partition coefficient (Wildman–Crippen LogP) is 0.917. The molecule has 0 unspecified atom stereocenters. The topological polar surface area (TPSA) is 58.6 Å². The summed E-state index contributed by atoms with van der Waals surface area (Å²) in [4.78, 5) is 24.9. The van der Waals surface area contributed by atoms with Crippen molar-refractivity contribution in [2.45, 2.75) is 25.7 Å². The monoisotopic (exact) mass is 320 g/mol. The first-order chi connectivity index (χ1) is 8.74. The maximum atomic E-state index is 11.8. The van der Waals surface area contributed by atoms with E-state index in [2.05, 4.69) is 21.2 Å². The van der Waals surface area contributed by atoms with Gasteiger partial charge in [0.25, 0.3) is 0 Å². The molecule has 1 aliphatic heterocycles. The van der Waals surface area contributed by atoms with E-state index in [1.54, 1.807) is 4.90 Å². The van der Waals surface area contributed by atoms with E-state index in [4.69, 9.17) is 4.74 Å². The van der Waals surface area contributed by atoms with Crippen molar-refractivity contribution in [2.24, 2.45) is 0 Å². The van der Waals surface area contributed by atoms with Gasteiger partial charge in [-0.15, -0.1) is 0 Å². The Morgan fingerprint density at radius 3 is 2.56 bits per heavy atom. The van der Waals surface area contributed by atoms with Gasteiger partial charge in [0.2, 0.25) is 11.8 Å². The second kappa shape index (κ2) is 9.33. The third-order valence-electron chi connectivity index (χ3n) is 2.81. The molecular formula is C12H21BrN2O3. The zero-order valence-corrected chi connectivity index (χ0v) is 12.2. The number of nitrogens with zero attached hydrogens (tertiary/aromatic N) is 1. The second-order valence-electron chi connectivity index (χ2n) is 4.24. The van der Waals surface area contributed by atoms with Gasteiger partial charge in [0.15, 0.2) is 0 Å². The summed E-state index contributed by atoms with van der Waals surface area (Å²) in [6.45, 7) is 2.99. The van der Waals surface area contributed by atoms with Crippen LogP contribution in [0.2, 0.25) is 0 Å². The number of morpholine rings is 1. The van der Waals surface area contributed by atoms with Crippen LogP contribution < -0.4 is 5.32 Å².